The summed E-state index contributed by atoms with van der Waals surface area (Å²) in [6.07, 6.45) is 1.72. The number of hydrogen-bond acceptors (Lipinski definition) is 5. The summed E-state index contributed by atoms with van der Waals surface area (Å²) >= 11 is 1.44. The molecule has 0 aliphatic rings. The van der Waals surface area contributed by atoms with E-state index in [-0.39, 0.29) is 11.5 Å². The molecule has 0 unspecified atom stereocenters. The van der Waals surface area contributed by atoms with E-state index in [4.69, 9.17) is 4.42 Å². The van der Waals surface area contributed by atoms with Crippen molar-refractivity contribution in [2.75, 3.05) is 0 Å². The summed E-state index contributed by atoms with van der Waals surface area (Å²) < 4.78 is 7.14. The second-order valence-corrected chi connectivity index (χ2v) is 4.80. The molecule has 0 amide bonds. The third kappa shape index (κ3) is 2.04. The van der Waals surface area contributed by atoms with E-state index in [1.165, 1.54) is 11.3 Å². The SMILES string of the molecule is Cn1ccc(-c2oc(-c3cccs3)nc2C(=O)O)n1. The molecule has 1 N–H and O–H groups in total. The fraction of sp³-hybridized carbons (Fsp3) is 0.0833. The minimum atomic E-state index is -1.13. The summed E-state index contributed by atoms with van der Waals surface area (Å²) in [4.78, 5) is 16.0. The molecule has 0 bridgehead atoms. The third-order valence-corrected chi connectivity index (χ3v) is 3.37. The quantitative estimate of drug-likeness (QED) is 0.794. The van der Waals surface area contributed by atoms with Crippen LogP contribution < -0.4 is 0 Å². The van der Waals surface area contributed by atoms with Crippen molar-refractivity contribution in [2.24, 2.45) is 7.05 Å². The molecule has 0 radical (unpaired) electrons. The smallest absolute Gasteiger partial charge is 0.358 e. The van der Waals surface area contributed by atoms with Crippen LogP contribution >= 0.6 is 11.3 Å². The Morgan fingerprint density at radius 2 is 2.32 bits per heavy atom. The number of carboxylic acids is 1. The Bertz CT molecular complexity index is 727. The van der Waals surface area contributed by atoms with Gasteiger partial charge in [-0.15, -0.1) is 11.3 Å². The molecule has 0 spiro atoms. The van der Waals surface area contributed by atoms with Crippen LogP contribution in [0.5, 0.6) is 0 Å². The molecule has 3 aromatic rings. The highest BCUT2D eigenvalue weighted by molar-refractivity contribution is 7.13. The van der Waals surface area contributed by atoms with Gasteiger partial charge in [-0.25, -0.2) is 9.78 Å². The lowest BCUT2D eigenvalue weighted by Gasteiger charge is -1.91. The number of nitrogens with zero attached hydrogens (tertiary/aromatic N) is 3. The molecular weight excluding hydrogens is 266 g/mol. The van der Waals surface area contributed by atoms with Gasteiger partial charge in [-0.05, 0) is 17.5 Å². The fourth-order valence-corrected chi connectivity index (χ4v) is 2.33. The van der Waals surface area contributed by atoms with Crippen molar-refractivity contribution in [3.8, 4) is 22.2 Å². The van der Waals surface area contributed by atoms with Crippen LogP contribution in [0.25, 0.3) is 22.2 Å². The number of thiophene rings is 1. The van der Waals surface area contributed by atoms with Crippen molar-refractivity contribution < 1.29 is 14.3 Å². The van der Waals surface area contributed by atoms with Gasteiger partial charge in [0.15, 0.2) is 11.5 Å². The van der Waals surface area contributed by atoms with Gasteiger partial charge in [-0.2, -0.15) is 5.10 Å². The van der Waals surface area contributed by atoms with E-state index in [1.54, 1.807) is 24.0 Å². The number of hydrogen-bond donors (Lipinski definition) is 1. The van der Waals surface area contributed by atoms with Gasteiger partial charge in [0.2, 0.25) is 5.89 Å². The predicted octanol–water partition coefficient (Wildman–Crippen LogP) is 2.50. The summed E-state index contributed by atoms with van der Waals surface area (Å²) in [6.45, 7) is 0. The molecule has 3 aromatic heterocycles. The van der Waals surface area contributed by atoms with E-state index in [0.717, 1.165) is 4.88 Å². The second kappa shape index (κ2) is 4.36. The van der Waals surface area contributed by atoms with Crippen LogP contribution in [0.2, 0.25) is 0 Å². The van der Waals surface area contributed by atoms with Gasteiger partial charge in [0, 0.05) is 13.2 Å². The molecule has 0 aliphatic heterocycles. The van der Waals surface area contributed by atoms with E-state index in [1.807, 2.05) is 17.5 Å². The molecule has 6 nitrogen and oxygen atoms in total. The number of carbonyl (C=O) groups is 1. The Balaban J connectivity index is 2.15. The lowest BCUT2D eigenvalue weighted by atomic mass is 10.3. The maximum absolute atomic E-state index is 11.2. The molecule has 3 heterocycles. The normalized spacial score (nSPS) is 10.8. The Morgan fingerprint density at radius 1 is 1.47 bits per heavy atom. The van der Waals surface area contributed by atoms with Gasteiger partial charge in [-0.1, -0.05) is 6.07 Å². The molecule has 0 saturated heterocycles. The molecule has 0 saturated carbocycles. The zero-order chi connectivity index (χ0) is 13.4. The van der Waals surface area contributed by atoms with Crippen molar-refractivity contribution in [1.82, 2.24) is 14.8 Å². The highest BCUT2D eigenvalue weighted by atomic mass is 32.1. The number of aromatic nitrogens is 3. The van der Waals surface area contributed by atoms with E-state index in [9.17, 15) is 9.90 Å². The van der Waals surface area contributed by atoms with Crippen LogP contribution in [0, 0.1) is 0 Å². The fourth-order valence-electron chi connectivity index (χ4n) is 1.68. The van der Waals surface area contributed by atoms with Gasteiger partial charge in [0.25, 0.3) is 0 Å². The van der Waals surface area contributed by atoms with Crippen LogP contribution in [0.4, 0.5) is 0 Å². The number of rotatable bonds is 3. The molecule has 0 aromatic carbocycles. The number of aryl methyl sites for hydroxylation is 1. The Hall–Kier alpha value is -2.41. The number of oxazole rings is 1. The van der Waals surface area contributed by atoms with Crippen molar-refractivity contribution in [3.63, 3.8) is 0 Å². The first kappa shape index (κ1) is 11.7. The summed E-state index contributed by atoms with van der Waals surface area (Å²) in [5, 5.41) is 15.2. The molecule has 0 atom stereocenters. The van der Waals surface area contributed by atoms with Gasteiger partial charge in [0.1, 0.15) is 5.69 Å². The largest absolute Gasteiger partial charge is 0.476 e. The zero-order valence-electron chi connectivity index (χ0n) is 9.90. The molecule has 0 fully saturated rings. The molecule has 96 valence electrons. The van der Waals surface area contributed by atoms with Crippen LogP contribution in [0.3, 0.4) is 0 Å². The summed E-state index contributed by atoms with van der Waals surface area (Å²) in [6, 6.07) is 5.36. The van der Waals surface area contributed by atoms with Gasteiger partial charge < -0.3 is 9.52 Å². The minimum Gasteiger partial charge on any atom is -0.476 e. The first-order valence-electron chi connectivity index (χ1n) is 5.43. The molecule has 7 heteroatoms. The topological polar surface area (TPSA) is 81.2 Å². The zero-order valence-corrected chi connectivity index (χ0v) is 10.7. The van der Waals surface area contributed by atoms with Crippen LogP contribution in [-0.2, 0) is 7.05 Å². The lowest BCUT2D eigenvalue weighted by Crippen LogP contribution is -1.99. The Labute approximate surface area is 111 Å². The summed E-state index contributed by atoms with van der Waals surface area (Å²) in [7, 11) is 1.75. The molecule has 19 heavy (non-hydrogen) atoms. The van der Waals surface area contributed by atoms with Crippen LogP contribution in [0.15, 0.2) is 34.2 Å². The van der Waals surface area contributed by atoms with Crippen LogP contribution in [0.1, 0.15) is 10.5 Å². The monoisotopic (exact) mass is 275 g/mol. The van der Waals surface area contributed by atoms with Crippen molar-refractivity contribution in [2.45, 2.75) is 0 Å². The average molecular weight is 275 g/mol. The van der Waals surface area contributed by atoms with Gasteiger partial charge in [-0.3, -0.25) is 4.68 Å². The van der Waals surface area contributed by atoms with Crippen molar-refractivity contribution >= 4 is 17.3 Å². The van der Waals surface area contributed by atoms with Gasteiger partial charge >= 0.3 is 5.97 Å². The predicted molar refractivity (Wildman–Crippen MR) is 69.0 cm³/mol. The Morgan fingerprint density at radius 3 is 2.89 bits per heavy atom. The number of aromatic carboxylic acids is 1. The number of carboxylic acid groups (broad SMARTS) is 1. The summed E-state index contributed by atoms with van der Waals surface area (Å²) in [5.74, 6) is -0.656. The first-order valence-corrected chi connectivity index (χ1v) is 6.31. The van der Waals surface area contributed by atoms with E-state index >= 15 is 0 Å². The summed E-state index contributed by atoms with van der Waals surface area (Å²) in [5.41, 5.74) is 0.331. The Kier molecular flexibility index (Phi) is 2.68. The third-order valence-electron chi connectivity index (χ3n) is 2.51. The second-order valence-electron chi connectivity index (χ2n) is 3.85. The van der Waals surface area contributed by atoms with E-state index < -0.39 is 5.97 Å². The minimum absolute atomic E-state index is 0.123. The molecular formula is C12H9N3O3S. The maximum atomic E-state index is 11.2. The van der Waals surface area contributed by atoms with E-state index in [0.29, 0.717) is 11.6 Å². The van der Waals surface area contributed by atoms with Crippen LogP contribution in [-0.4, -0.2) is 25.8 Å². The molecule has 0 aliphatic carbocycles. The molecule has 3 rings (SSSR count). The highest BCUT2D eigenvalue weighted by Crippen LogP contribution is 2.31. The average Bonchev–Trinajstić information content (AvgIpc) is 3.07. The van der Waals surface area contributed by atoms with Crippen molar-refractivity contribution in [1.29, 1.82) is 0 Å². The van der Waals surface area contributed by atoms with Gasteiger partial charge in [0.05, 0.1) is 4.88 Å². The van der Waals surface area contributed by atoms with E-state index in [2.05, 4.69) is 10.1 Å². The highest BCUT2D eigenvalue weighted by Gasteiger charge is 2.23. The maximum Gasteiger partial charge on any atom is 0.358 e. The standard InChI is InChI=1S/C12H9N3O3S/c1-15-5-4-7(14-15)10-9(12(16)17)13-11(18-10)8-3-2-6-19-8/h2-6H,1H3,(H,16,17). The first-order chi connectivity index (χ1) is 9.15. The lowest BCUT2D eigenvalue weighted by molar-refractivity contribution is 0.0691. The van der Waals surface area contributed by atoms with Crippen molar-refractivity contribution in [3.05, 3.63) is 35.5 Å².